The van der Waals surface area contributed by atoms with Crippen molar-refractivity contribution in [3.8, 4) is 0 Å². The Kier molecular flexibility index (Phi) is 5.54. The number of likely N-dealkylation sites (tertiary alicyclic amines) is 1. The molecule has 150 valence electrons. The first kappa shape index (κ1) is 18.8. The van der Waals surface area contributed by atoms with Gasteiger partial charge in [-0.3, -0.25) is 14.5 Å². The van der Waals surface area contributed by atoms with Crippen LogP contribution in [0.3, 0.4) is 0 Å². The molecule has 0 spiro atoms. The molecule has 0 radical (unpaired) electrons. The molecule has 2 amide bonds. The Hall–Kier alpha value is -2.52. The Morgan fingerprint density at radius 2 is 2.04 bits per heavy atom. The van der Waals surface area contributed by atoms with Gasteiger partial charge in [-0.05, 0) is 26.0 Å². The van der Waals surface area contributed by atoms with Gasteiger partial charge in [0, 0.05) is 50.5 Å². The van der Waals surface area contributed by atoms with E-state index in [1.165, 1.54) is 0 Å². The molecule has 4 rings (SSSR count). The molecule has 2 atom stereocenters. The molecule has 0 aromatic carbocycles. The van der Waals surface area contributed by atoms with Crippen LogP contribution in [-0.2, 0) is 9.53 Å². The van der Waals surface area contributed by atoms with Gasteiger partial charge in [0.1, 0.15) is 5.56 Å². The molecule has 2 aliphatic heterocycles. The van der Waals surface area contributed by atoms with Crippen LogP contribution < -0.4 is 5.32 Å². The van der Waals surface area contributed by atoms with E-state index in [1.54, 1.807) is 29.2 Å². The lowest BCUT2D eigenvalue weighted by molar-refractivity contribution is -0.136. The summed E-state index contributed by atoms with van der Waals surface area (Å²) in [6.07, 6.45) is 7.41. The van der Waals surface area contributed by atoms with Crippen molar-refractivity contribution in [3.63, 3.8) is 0 Å². The molecule has 0 saturated carbocycles. The van der Waals surface area contributed by atoms with Gasteiger partial charge < -0.3 is 15.0 Å². The highest BCUT2D eigenvalue weighted by molar-refractivity contribution is 5.99. The van der Waals surface area contributed by atoms with Crippen LogP contribution in [0.25, 0.3) is 5.65 Å². The summed E-state index contributed by atoms with van der Waals surface area (Å²) in [5, 5.41) is 7.16. The Bertz CT molecular complexity index is 847. The molecule has 2 saturated heterocycles. The number of likely N-dealkylation sites (N-methyl/N-ethyl adjacent to an activating group) is 1. The summed E-state index contributed by atoms with van der Waals surface area (Å²) in [5.41, 5.74) is 1.02. The number of hydrogen-bond donors (Lipinski definition) is 1. The van der Waals surface area contributed by atoms with Crippen molar-refractivity contribution in [2.75, 3.05) is 39.9 Å². The van der Waals surface area contributed by atoms with Crippen molar-refractivity contribution in [2.24, 2.45) is 0 Å². The zero-order valence-corrected chi connectivity index (χ0v) is 16.1. The second kappa shape index (κ2) is 8.24. The number of morpholine rings is 1. The Balaban J connectivity index is 1.29. The number of carbonyl (C=O) groups is 2. The summed E-state index contributed by atoms with van der Waals surface area (Å²) >= 11 is 0. The molecule has 0 bridgehead atoms. The lowest BCUT2D eigenvalue weighted by Crippen LogP contribution is -2.45. The van der Waals surface area contributed by atoms with Gasteiger partial charge in [0.15, 0.2) is 5.65 Å². The van der Waals surface area contributed by atoms with Crippen LogP contribution in [0.15, 0.2) is 24.7 Å². The van der Waals surface area contributed by atoms with Crippen LogP contribution in [0.1, 0.15) is 29.6 Å². The predicted octanol–water partition coefficient (Wildman–Crippen LogP) is 0.171. The van der Waals surface area contributed by atoms with E-state index in [0.29, 0.717) is 50.5 Å². The topological polar surface area (TPSA) is 92.1 Å². The van der Waals surface area contributed by atoms with Crippen LogP contribution >= 0.6 is 0 Å². The number of nitrogens with one attached hydrogen (secondary N) is 1. The monoisotopic (exact) mass is 386 g/mol. The fourth-order valence-corrected chi connectivity index (χ4v) is 4.02. The first-order chi connectivity index (χ1) is 13.6. The van der Waals surface area contributed by atoms with E-state index in [1.807, 2.05) is 11.9 Å². The maximum absolute atomic E-state index is 12.6. The number of aromatic nitrogens is 3. The lowest BCUT2D eigenvalue weighted by atomic mass is 10.1. The van der Waals surface area contributed by atoms with Crippen LogP contribution in [0.4, 0.5) is 0 Å². The zero-order chi connectivity index (χ0) is 19.5. The molecule has 2 aromatic rings. The van der Waals surface area contributed by atoms with Gasteiger partial charge in [-0.25, -0.2) is 9.50 Å². The van der Waals surface area contributed by atoms with Crippen molar-refractivity contribution >= 4 is 17.5 Å². The standard InChI is InChI=1S/C19H26N6O3/c1-23-14(11-17(26)24-7-9-28-10-8-24)3-4-15(23)12-21-19(27)16-13-22-25-6-2-5-20-18(16)25/h2,5-6,13-15H,3-4,7-12H2,1H3,(H,21,27)/t14-,15+/m1/s1. The average molecular weight is 386 g/mol. The van der Waals surface area contributed by atoms with E-state index in [9.17, 15) is 9.59 Å². The minimum Gasteiger partial charge on any atom is -0.378 e. The van der Waals surface area contributed by atoms with Gasteiger partial charge in [0.2, 0.25) is 5.91 Å². The van der Waals surface area contributed by atoms with Gasteiger partial charge in [-0.1, -0.05) is 0 Å². The summed E-state index contributed by atoms with van der Waals surface area (Å²) in [6.45, 7) is 3.16. The third-order valence-corrected chi connectivity index (χ3v) is 5.78. The number of carbonyl (C=O) groups excluding carboxylic acids is 2. The van der Waals surface area contributed by atoms with Gasteiger partial charge in [0.05, 0.1) is 19.4 Å². The summed E-state index contributed by atoms with van der Waals surface area (Å²) in [6, 6.07) is 2.21. The van der Waals surface area contributed by atoms with E-state index in [4.69, 9.17) is 4.74 Å². The van der Waals surface area contributed by atoms with Crippen molar-refractivity contribution in [1.82, 2.24) is 29.7 Å². The quantitative estimate of drug-likeness (QED) is 0.788. The molecule has 9 heteroatoms. The molecule has 0 aliphatic carbocycles. The van der Waals surface area contributed by atoms with Crippen molar-refractivity contribution in [1.29, 1.82) is 0 Å². The number of amides is 2. The Labute approximate surface area is 163 Å². The number of rotatable bonds is 5. The highest BCUT2D eigenvalue weighted by Crippen LogP contribution is 2.25. The third-order valence-electron chi connectivity index (χ3n) is 5.78. The molecule has 1 N–H and O–H groups in total. The third kappa shape index (κ3) is 3.85. The van der Waals surface area contributed by atoms with E-state index in [2.05, 4.69) is 20.3 Å². The zero-order valence-electron chi connectivity index (χ0n) is 16.1. The SMILES string of the molecule is CN1[C@@H](CC(=O)N2CCOCC2)CC[C@H]1CNC(=O)c1cnn2cccnc12. The summed E-state index contributed by atoms with van der Waals surface area (Å²) < 4.78 is 6.90. The molecule has 4 heterocycles. The smallest absolute Gasteiger partial charge is 0.256 e. The fraction of sp³-hybridized carbons (Fsp3) is 0.579. The van der Waals surface area contributed by atoms with Crippen molar-refractivity contribution in [3.05, 3.63) is 30.2 Å². The van der Waals surface area contributed by atoms with Gasteiger partial charge >= 0.3 is 0 Å². The lowest BCUT2D eigenvalue weighted by Gasteiger charge is -2.30. The molecule has 2 fully saturated rings. The molecule has 9 nitrogen and oxygen atoms in total. The number of fused-ring (bicyclic) bond motifs is 1. The van der Waals surface area contributed by atoms with Crippen LogP contribution in [0, 0.1) is 0 Å². The molecular weight excluding hydrogens is 360 g/mol. The molecule has 28 heavy (non-hydrogen) atoms. The molecular formula is C19H26N6O3. The largest absolute Gasteiger partial charge is 0.378 e. The highest BCUT2D eigenvalue weighted by Gasteiger charge is 2.33. The minimum absolute atomic E-state index is 0.171. The van der Waals surface area contributed by atoms with E-state index in [0.717, 1.165) is 12.8 Å². The van der Waals surface area contributed by atoms with Gasteiger partial charge in [-0.2, -0.15) is 5.10 Å². The highest BCUT2D eigenvalue weighted by atomic mass is 16.5. The van der Waals surface area contributed by atoms with Gasteiger partial charge in [0.25, 0.3) is 5.91 Å². The average Bonchev–Trinajstić information content (AvgIpc) is 3.31. The van der Waals surface area contributed by atoms with Crippen LogP contribution in [-0.4, -0.2) is 88.2 Å². The molecule has 0 unspecified atom stereocenters. The number of hydrogen-bond acceptors (Lipinski definition) is 6. The van der Waals surface area contributed by atoms with Crippen molar-refractivity contribution in [2.45, 2.75) is 31.3 Å². The van der Waals surface area contributed by atoms with Gasteiger partial charge in [-0.15, -0.1) is 0 Å². The van der Waals surface area contributed by atoms with Crippen LogP contribution in [0.2, 0.25) is 0 Å². The second-order valence-electron chi connectivity index (χ2n) is 7.40. The normalized spacial score (nSPS) is 23.2. The number of nitrogens with zero attached hydrogens (tertiary/aromatic N) is 5. The van der Waals surface area contributed by atoms with Crippen LogP contribution in [0.5, 0.6) is 0 Å². The number of ether oxygens (including phenoxy) is 1. The second-order valence-corrected chi connectivity index (χ2v) is 7.40. The summed E-state index contributed by atoms with van der Waals surface area (Å²) in [5.74, 6) is 0.0252. The fourth-order valence-electron chi connectivity index (χ4n) is 4.02. The first-order valence-corrected chi connectivity index (χ1v) is 9.77. The van der Waals surface area contributed by atoms with E-state index in [-0.39, 0.29) is 23.9 Å². The Morgan fingerprint density at radius 3 is 2.86 bits per heavy atom. The maximum atomic E-state index is 12.6. The van der Waals surface area contributed by atoms with Crippen molar-refractivity contribution < 1.29 is 14.3 Å². The predicted molar refractivity (Wildman–Crippen MR) is 102 cm³/mol. The maximum Gasteiger partial charge on any atom is 0.256 e. The molecule has 2 aliphatic rings. The molecule has 2 aromatic heterocycles. The summed E-state index contributed by atoms with van der Waals surface area (Å²) in [7, 11) is 2.04. The first-order valence-electron chi connectivity index (χ1n) is 9.77. The van der Waals surface area contributed by atoms with E-state index >= 15 is 0 Å². The summed E-state index contributed by atoms with van der Waals surface area (Å²) in [4.78, 5) is 33.4. The Morgan fingerprint density at radius 1 is 1.25 bits per heavy atom. The minimum atomic E-state index is -0.171. The van der Waals surface area contributed by atoms with E-state index < -0.39 is 0 Å².